The molecular weight excluding hydrogens is 326 g/mol. The Kier molecular flexibility index (Phi) is 5.83. The van der Waals surface area contributed by atoms with Crippen LogP contribution in [0.15, 0.2) is 53.6 Å². The third kappa shape index (κ3) is 5.17. The fourth-order valence-electron chi connectivity index (χ4n) is 1.79. The topological polar surface area (TPSA) is 117 Å². The van der Waals surface area contributed by atoms with Gasteiger partial charge in [0.2, 0.25) is 0 Å². The molecule has 0 spiro atoms. The van der Waals surface area contributed by atoms with Crippen LogP contribution in [0.3, 0.4) is 0 Å². The molecule has 0 unspecified atom stereocenters. The van der Waals surface area contributed by atoms with E-state index in [0.717, 1.165) is 0 Å². The number of methoxy groups -OCH3 is 1. The van der Waals surface area contributed by atoms with Crippen LogP contribution in [0.25, 0.3) is 0 Å². The van der Waals surface area contributed by atoms with Gasteiger partial charge >= 0.3 is 17.8 Å². The summed E-state index contributed by atoms with van der Waals surface area (Å²) in [7, 11) is 1.52. The number of hydrogen-bond acceptors (Lipinski definition) is 5. The number of carbonyl (C=O) groups is 3. The lowest BCUT2D eigenvalue weighted by Gasteiger charge is -2.05. The summed E-state index contributed by atoms with van der Waals surface area (Å²) in [4.78, 5) is 34.1. The molecule has 0 saturated carbocycles. The van der Waals surface area contributed by atoms with Crippen LogP contribution >= 0.6 is 0 Å². The van der Waals surface area contributed by atoms with E-state index in [1.807, 2.05) is 0 Å². The molecule has 0 aliphatic heterocycles. The van der Waals surface area contributed by atoms with Gasteiger partial charge in [-0.3, -0.25) is 9.59 Å². The third-order valence-corrected chi connectivity index (χ3v) is 3.09. The van der Waals surface area contributed by atoms with Crippen molar-refractivity contribution in [1.82, 2.24) is 5.43 Å². The Bertz CT molecular complexity index is 798. The number of anilines is 1. The molecule has 2 amide bonds. The molecule has 0 bridgehead atoms. The van der Waals surface area contributed by atoms with Crippen LogP contribution in [-0.2, 0) is 9.59 Å². The molecule has 0 aliphatic rings. The number of nitrogens with zero attached hydrogens (tertiary/aromatic N) is 1. The smallest absolute Gasteiger partial charge is 0.335 e. The van der Waals surface area contributed by atoms with Gasteiger partial charge in [0, 0.05) is 5.69 Å². The van der Waals surface area contributed by atoms with E-state index < -0.39 is 17.8 Å². The van der Waals surface area contributed by atoms with E-state index >= 15 is 0 Å². The average Bonchev–Trinajstić information content (AvgIpc) is 2.62. The lowest BCUT2D eigenvalue weighted by molar-refractivity contribution is -0.136. The van der Waals surface area contributed by atoms with E-state index in [-0.39, 0.29) is 5.56 Å². The molecule has 0 fully saturated rings. The highest BCUT2D eigenvalue weighted by molar-refractivity contribution is 6.39. The second-order valence-corrected chi connectivity index (χ2v) is 4.81. The van der Waals surface area contributed by atoms with Crippen molar-refractivity contribution in [3.8, 4) is 5.75 Å². The number of hydrogen-bond donors (Lipinski definition) is 3. The maximum absolute atomic E-state index is 11.7. The maximum atomic E-state index is 11.7. The fraction of sp³-hybridized carbons (Fsp3) is 0.0588. The number of hydrazone groups is 1. The minimum absolute atomic E-state index is 0.139. The zero-order valence-electron chi connectivity index (χ0n) is 13.2. The van der Waals surface area contributed by atoms with Crippen molar-refractivity contribution < 1.29 is 24.2 Å². The second kappa shape index (κ2) is 8.25. The van der Waals surface area contributed by atoms with E-state index in [4.69, 9.17) is 9.84 Å². The van der Waals surface area contributed by atoms with Gasteiger partial charge in [-0.25, -0.2) is 10.2 Å². The van der Waals surface area contributed by atoms with E-state index in [9.17, 15) is 14.4 Å². The van der Waals surface area contributed by atoms with Gasteiger partial charge in [-0.15, -0.1) is 0 Å². The van der Waals surface area contributed by atoms with Crippen molar-refractivity contribution >= 4 is 29.7 Å². The predicted octanol–water partition coefficient (Wildman–Crippen LogP) is 1.48. The molecule has 2 aromatic carbocycles. The summed E-state index contributed by atoms with van der Waals surface area (Å²) in [5, 5.41) is 14.9. The Morgan fingerprint density at radius 3 is 2.20 bits per heavy atom. The molecule has 128 valence electrons. The molecule has 0 aromatic heterocycles. The molecule has 0 aliphatic carbocycles. The SMILES string of the molecule is COc1ccc(NC(=O)C(=O)NN=Cc2ccc(C(=O)O)cc2)cc1. The lowest BCUT2D eigenvalue weighted by atomic mass is 10.1. The molecule has 8 nitrogen and oxygen atoms in total. The largest absolute Gasteiger partial charge is 0.497 e. The highest BCUT2D eigenvalue weighted by atomic mass is 16.5. The molecule has 0 saturated heterocycles. The molecule has 2 aromatic rings. The van der Waals surface area contributed by atoms with Crippen molar-refractivity contribution in [3.05, 3.63) is 59.7 Å². The Morgan fingerprint density at radius 1 is 1.00 bits per heavy atom. The summed E-state index contributed by atoms with van der Waals surface area (Å²) < 4.78 is 4.99. The first-order valence-corrected chi connectivity index (χ1v) is 7.11. The Labute approximate surface area is 143 Å². The molecule has 0 heterocycles. The van der Waals surface area contributed by atoms with Crippen molar-refractivity contribution in [2.24, 2.45) is 5.10 Å². The van der Waals surface area contributed by atoms with Gasteiger partial charge < -0.3 is 15.2 Å². The predicted molar refractivity (Wildman–Crippen MR) is 90.8 cm³/mol. The summed E-state index contributed by atoms with van der Waals surface area (Å²) in [6.07, 6.45) is 1.30. The Hall–Kier alpha value is -3.68. The summed E-state index contributed by atoms with van der Waals surface area (Å²) >= 11 is 0. The molecule has 8 heteroatoms. The van der Waals surface area contributed by atoms with Gasteiger partial charge in [-0.2, -0.15) is 5.10 Å². The van der Waals surface area contributed by atoms with Crippen LogP contribution < -0.4 is 15.5 Å². The molecule has 25 heavy (non-hydrogen) atoms. The zero-order chi connectivity index (χ0) is 18.2. The number of ether oxygens (including phenoxy) is 1. The van der Waals surface area contributed by atoms with Crippen LogP contribution in [0.5, 0.6) is 5.75 Å². The molecule has 2 rings (SSSR count). The fourth-order valence-corrected chi connectivity index (χ4v) is 1.79. The minimum atomic E-state index is -1.04. The third-order valence-electron chi connectivity index (χ3n) is 3.09. The summed E-state index contributed by atoms with van der Waals surface area (Å²) in [6.45, 7) is 0. The lowest BCUT2D eigenvalue weighted by Crippen LogP contribution is -2.32. The van der Waals surface area contributed by atoms with E-state index in [2.05, 4.69) is 15.8 Å². The second-order valence-electron chi connectivity index (χ2n) is 4.81. The van der Waals surface area contributed by atoms with Gasteiger partial charge in [0.15, 0.2) is 0 Å². The van der Waals surface area contributed by atoms with E-state index in [1.54, 1.807) is 24.3 Å². The quantitative estimate of drug-likeness (QED) is 0.433. The van der Waals surface area contributed by atoms with Gasteiger partial charge in [0.05, 0.1) is 18.9 Å². The van der Waals surface area contributed by atoms with Gasteiger partial charge in [0.25, 0.3) is 0 Å². The van der Waals surface area contributed by atoms with E-state index in [0.29, 0.717) is 17.0 Å². The Balaban J connectivity index is 1.87. The highest BCUT2D eigenvalue weighted by Crippen LogP contribution is 2.14. The molecular formula is C17H15N3O5. The van der Waals surface area contributed by atoms with Gasteiger partial charge in [0.1, 0.15) is 5.75 Å². The van der Waals surface area contributed by atoms with Crippen molar-refractivity contribution in [2.45, 2.75) is 0 Å². The number of amides is 2. The summed E-state index contributed by atoms with van der Waals surface area (Å²) in [6, 6.07) is 12.3. The number of carbonyl (C=O) groups excluding carboxylic acids is 2. The minimum Gasteiger partial charge on any atom is -0.497 e. The highest BCUT2D eigenvalue weighted by Gasteiger charge is 2.12. The zero-order valence-corrected chi connectivity index (χ0v) is 13.2. The first-order valence-electron chi connectivity index (χ1n) is 7.11. The summed E-state index contributed by atoms with van der Waals surface area (Å²) in [5.41, 5.74) is 3.24. The standard InChI is InChI=1S/C17H15N3O5/c1-25-14-8-6-13(7-9-14)19-15(21)16(22)20-18-10-11-2-4-12(5-3-11)17(23)24/h2-10H,1H3,(H,19,21)(H,20,22)(H,23,24). The van der Waals surface area contributed by atoms with Crippen LogP contribution in [0, 0.1) is 0 Å². The monoisotopic (exact) mass is 341 g/mol. The molecule has 0 atom stereocenters. The number of benzene rings is 2. The van der Waals surface area contributed by atoms with Gasteiger partial charge in [-0.1, -0.05) is 12.1 Å². The maximum Gasteiger partial charge on any atom is 0.335 e. The number of carboxylic acid groups (broad SMARTS) is 1. The first-order chi connectivity index (χ1) is 12.0. The normalized spacial score (nSPS) is 10.3. The van der Waals surface area contributed by atoms with Crippen LogP contribution in [0.4, 0.5) is 5.69 Å². The van der Waals surface area contributed by atoms with Crippen LogP contribution in [-0.4, -0.2) is 36.2 Å². The number of nitrogens with one attached hydrogen (secondary N) is 2. The van der Waals surface area contributed by atoms with Crippen molar-refractivity contribution in [3.63, 3.8) is 0 Å². The van der Waals surface area contributed by atoms with Crippen molar-refractivity contribution in [1.29, 1.82) is 0 Å². The number of aromatic carboxylic acids is 1. The number of carboxylic acids is 1. The molecule has 0 radical (unpaired) electrons. The van der Waals surface area contributed by atoms with Gasteiger partial charge in [-0.05, 0) is 42.0 Å². The van der Waals surface area contributed by atoms with Crippen molar-refractivity contribution in [2.75, 3.05) is 12.4 Å². The molecule has 3 N–H and O–H groups in total. The van der Waals surface area contributed by atoms with E-state index in [1.165, 1.54) is 37.6 Å². The average molecular weight is 341 g/mol. The van der Waals surface area contributed by atoms with Crippen LogP contribution in [0.2, 0.25) is 0 Å². The summed E-state index contributed by atoms with van der Waals surface area (Å²) in [5.74, 6) is -2.22. The first kappa shape index (κ1) is 17.7. The van der Waals surface area contributed by atoms with Crippen LogP contribution in [0.1, 0.15) is 15.9 Å². The number of rotatable bonds is 5. The Morgan fingerprint density at radius 2 is 1.64 bits per heavy atom.